The molecular formula is C18H15N5O. The summed E-state index contributed by atoms with van der Waals surface area (Å²) in [4.78, 5) is 19.7. The van der Waals surface area contributed by atoms with Crippen molar-refractivity contribution in [2.45, 2.75) is 6.54 Å². The smallest absolute Gasteiger partial charge is 0.261 e. The minimum absolute atomic E-state index is 0.242. The van der Waals surface area contributed by atoms with E-state index in [2.05, 4.69) is 20.4 Å². The molecule has 0 saturated carbocycles. The van der Waals surface area contributed by atoms with Gasteiger partial charge in [-0.2, -0.15) is 5.10 Å². The zero-order valence-corrected chi connectivity index (χ0v) is 12.8. The molecular weight excluding hydrogens is 302 g/mol. The van der Waals surface area contributed by atoms with Gasteiger partial charge in [0.2, 0.25) is 5.95 Å². The summed E-state index contributed by atoms with van der Waals surface area (Å²) in [6, 6.07) is 17.6. The zero-order chi connectivity index (χ0) is 16.4. The van der Waals surface area contributed by atoms with Gasteiger partial charge in [0.25, 0.3) is 5.91 Å². The lowest BCUT2D eigenvalue weighted by molar-refractivity contribution is 0.102. The fourth-order valence-corrected chi connectivity index (χ4v) is 2.53. The first-order valence-corrected chi connectivity index (χ1v) is 7.60. The van der Waals surface area contributed by atoms with E-state index in [0.29, 0.717) is 18.1 Å². The summed E-state index contributed by atoms with van der Waals surface area (Å²) < 4.78 is 1.74. The van der Waals surface area contributed by atoms with E-state index in [4.69, 9.17) is 0 Å². The van der Waals surface area contributed by atoms with Crippen LogP contribution in [0, 0.1) is 0 Å². The Labute approximate surface area is 138 Å². The van der Waals surface area contributed by atoms with Crippen molar-refractivity contribution in [3.05, 3.63) is 78.1 Å². The number of H-pyrrole nitrogens is 1. The Morgan fingerprint density at radius 3 is 2.71 bits per heavy atom. The van der Waals surface area contributed by atoms with Crippen molar-refractivity contribution < 1.29 is 4.79 Å². The van der Waals surface area contributed by atoms with Gasteiger partial charge in [-0.1, -0.05) is 42.5 Å². The summed E-state index contributed by atoms with van der Waals surface area (Å²) >= 11 is 0. The summed E-state index contributed by atoms with van der Waals surface area (Å²) in [7, 11) is 0. The maximum atomic E-state index is 12.3. The summed E-state index contributed by atoms with van der Waals surface area (Å²) in [6.45, 7) is 0.624. The monoisotopic (exact) mass is 317 g/mol. The van der Waals surface area contributed by atoms with E-state index in [9.17, 15) is 4.79 Å². The average molecular weight is 317 g/mol. The van der Waals surface area contributed by atoms with Gasteiger partial charge in [-0.25, -0.2) is 4.98 Å². The van der Waals surface area contributed by atoms with Gasteiger partial charge in [-0.3, -0.25) is 14.8 Å². The van der Waals surface area contributed by atoms with E-state index in [1.54, 1.807) is 17.1 Å². The summed E-state index contributed by atoms with van der Waals surface area (Å²) in [5.41, 5.74) is 3.32. The number of aromatic amines is 1. The second-order valence-electron chi connectivity index (χ2n) is 5.47. The van der Waals surface area contributed by atoms with Gasteiger partial charge in [0, 0.05) is 6.20 Å². The van der Waals surface area contributed by atoms with Crippen LogP contribution < -0.4 is 5.32 Å². The van der Waals surface area contributed by atoms with Crippen LogP contribution in [0.25, 0.3) is 11.0 Å². The molecule has 2 aromatic heterocycles. The van der Waals surface area contributed by atoms with Crippen LogP contribution in [-0.4, -0.2) is 25.7 Å². The standard InChI is InChI=1S/C18H15N5O/c24-17(22-18-20-15-8-4-5-9-16(15)21-18)14-10-19-23(12-14)11-13-6-2-1-3-7-13/h1-10,12H,11H2,(H2,20,21,22,24). The molecule has 0 radical (unpaired) electrons. The lowest BCUT2D eigenvalue weighted by atomic mass is 10.2. The van der Waals surface area contributed by atoms with Gasteiger partial charge in [-0.15, -0.1) is 0 Å². The predicted molar refractivity (Wildman–Crippen MR) is 91.8 cm³/mol. The van der Waals surface area contributed by atoms with Crippen molar-refractivity contribution in [1.29, 1.82) is 0 Å². The molecule has 0 aliphatic carbocycles. The first-order chi connectivity index (χ1) is 11.8. The number of hydrogen-bond donors (Lipinski definition) is 2. The molecule has 0 bridgehead atoms. The van der Waals surface area contributed by atoms with E-state index in [1.165, 1.54) is 0 Å². The van der Waals surface area contributed by atoms with Crippen molar-refractivity contribution in [2.75, 3.05) is 5.32 Å². The predicted octanol–water partition coefficient (Wildman–Crippen LogP) is 3.06. The van der Waals surface area contributed by atoms with E-state index >= 15 is 0 Å². The Morgan fingerprint density at radius 1 is 1.08 bits per heavy atom. The number of nitrogens with one attached hydrogen (secondary N) is 2. The normalized spacial score (nSPS) is 10.8. The number of benzene rings is 2. The number of para-hydroxylation sites is 2. The van der Waals surface area contributed by atoms with Gasteiger partial charge in [-0.05, 0) is 17.7 Å². The van der Waals surface area contributed by atoms with Crippen molar-refractivity contribution in [1.82, 2.24) is 19.7 Å². The first-order valence-electron chi connectivity index (χ1n) is 7.60. The largest absolute Gasteiger partial charge is 0.324 e. The van der Waals surface area contributed by atoms with Crippen LogP contribution in [0.3, 0.4) is 0 Å². The minimum atomic E-state index is -0.242. The third kappa shape index (κ3) is 2.89. The topological polar surface area (TPSA) is 75.6 Å². The second-order valence-corrected chi connectivity index (χ2v) is 5.47. The molecule has 1 amide bonds. The Hall–Kier alpha value is -3.41. The summed E-state index contributed by atoms with van der Waals surface area (Å²) in [5.74, 6) is 0.186. The highest BCUT2D eigenvalue weighted by molar-refractivity contribution is 6.03. The molecule has 6 heteroatoms. The van der Waals surface area contributed by atoms with Crippen LogP contribution in [-0.2, 0) is 6.54 Å². The Morgan fingerprint density at radius 2 is 1.88 bits per heavy atom. The molecule has 4 rings (SSSR count). The highest BCUT2D eigenvalue weighted by Gasteiger charge is 2.11. The number of amides is 1. The van der Waals surface area contributed by atoms with E-state index < -0.39 is 0 Å². The molecule has 0 saturated heterocycles. The lowest BCUT2D eigenvalue weighted by Crippen LogP contribution is -2.12. The van der Waals surface area contributed by atoms with Crippen molar-refractivity contribution >= 4 is 22.9 Å². The van der Waals surface area contributed by atoms with Crippen LogP contribution in [0.1, 0.15) is 15.9 Å². The Kier molecular flexibility index (Phi) is 3.55. The fourth-order valence-electron chi connectivity index (χ4n) is 2.53. The van der Waals surface area contributed by atoms with Gasteiger partial charge >= 0.3 is 0 Å². The van der Waals surface area contributed by atoms with Crippen LogP contribution in [0.4, 0.5) is 5.95 Å². The lowest BCUT2D eigenvalue weighted by Gasteiger charge is -2.01. The third-order valence-electron chi connectivity index (χ3n) is 3.70. The van der Waals surface area contributed by atoms with Gasteiger partial charge in [0.05, 0.1) is 29.3 Å². The van der Waals surface area contributed by atoms with Crippen molar-refractivity contribution in [3.63, 3.8) is 0 Å². The highest BCUT2D eigenvalue weighted by atomic mass is 16.1. The number of anilines is 1. The Balaban J connectivity index is 1.48. The Bertz CT molecular complexity index is 954. The molecule has 0 aliphatic heterocycles. The molecule has 2 aromatic carbocycles. The maximum Gasteiger partial charge on any atom is 0.261 e. The van der Waals surface area contributed by atoms with Gasteiger partial charge < -0.3 is 4.98 Å². The minimum Gasteiger partial charge on any atom is -0.324 e. The van der Waals surface area contributed by atoms with Gasteiger partial charge in [0.15, 0.2) is 0 Å². The molecule has 2 heterocycles. The van der Waals surface area contributed by atoms with Crippen LogP contribution >= 0.6 is 0 Å². The number of aromatic nitrogens is 4. The van der Waals surface area contributed by atoms with Gasteiger partial charge in [0.1, 0.15) is 0 Å². The quantitative estimate of drug-likeness (QED) is 0.607. The van der Waals surface area contributed by atoms with E-state index in [-0.39, 0.29) is 5.91 Å². The maximum absolute atomic E-state index is 12.3. The molecule has 0 unspecified atom stereocenters. The van der Waals surface area contributed by atoms with E-state index in [1.807, 2.05) is 54.6 Å². The number of hydrogen-bond acceptors (Lipinski definition) is 3. The van der Waals surface area contributed by atoms with Crippen molar-refractivity contribution in [3.8, 4) is 0 Å². The molecule has 0 aliphatic rings. The highest BCUT2D eigenvalue weighted by Crippen LogP contribution is 2.14. The molecule has 0 fully saturated rings. The molecule has 2 N–H and O–H groups in total. The fraction of sp³-hybridized carbons (Fsp3) is 0.0556. The number of carbonyl (C=O) groups excluding carboxylic acids is 1. The van der Waals surface area contributed by atoms with Crippen LogP contribution in [0.5, 0.6) is 0 Å². The number of carbonyl (C=O) groups is 1. The third-order valence-corrected chi connectivity index (χ3v) is 3.70. The van der Waals surface area contributed by atoms with E-state index in [0.717, 1.165) is 16.6 Å². The van der Waals surface area contributed by atoms with Crippen LogP contribution in [0.2, 0.25) is 0 Å². The first kappa shape index (κ1) is 14.2. The second kappa shape index (κ2) is 6.00. The summed E-state index contributed by atoms with van der Waals surface area (Å²) in [5, 5.41) is 7.01. The zero-order valence-electron chi connectivity index (χ0n) is 12.8. The molecule has 0 spiro atoms. The molecule has 6 nitrogen and oxygen atoms in total. The molecule has 4 aromatic rings. The molecule has 118 valence electrons. The number of fused-ring (bicyclic) bond motifs is 1. The molecule has 24 heavy (non-hydrogen) atoms. The number of nitrogens with zero attached hydrogens (tertiary/aromatic N) is 3. The molecule has 0 atom stereocenters. The number of imidazole rings is 1. The SMILES string of the molecule is O=C(Nc1nc2ccccc2[nH]1)c1cnn(Cc2ccccc2)c1. The van der Waals surface area contributed by atoms with Crippen molar-refractivity contribution in [2.24, 2.45) is 0 Å². The number of rotatable bonds is 4. The summed E-state index contributed by atoms with van der Waals surface area (Å²) in [6.07, 6.45) is 3.28. The average Bonchev–Trinajstić information content (AvgIpc) is 3.22. The van der Waals surface area contributed by atoms with Crippen LogP contribution in [0.15, 0.2) is 67.0 Å².